The molecule has 0 aromatic heterocycles. The van der Waals surface area contributed by atoms with E-state index in [4.69, 9.17) is 10.2 Å². The third kappa shape index (κ3) is 62.5. The number of aliphatic hydroxyl groups excluding tert-OH is 2. The van der Waals surface area contributed by atoms with Crippen LogP contribution in [0.4, 0.5) is 0 Å². The molecule has 0 aliphatic rings. The first-order valence-electron chi connectivity index (χ1n) is 2.09. The van der Waals surface area contributed by atoms with Crippen LogP contribution in [-0.2, 0) is 0 Å². The molecule has 0 amide bonds. The van der Waals surface area contributed by atoms with Crippen LogP contribution in [0.1, 0.15) is 0 Å². The highest BCUT2D eigenvalue weighted by atomic mass is 16.3. The summed E-state index contributed by atoms with van der Waals surface area (Å²) in [4.78, 5) is 0. The lowest BCUT2D eigenvalue weighted by molar-refractivity contribution is 0.343. The highest BCUT2D eigenvalue weighted by molar-refractivity contribution is 4.81. The maximum absolute atomic E-state index is 7.76. The van der Waals surface area contributed by atoms with Gasteiger partial charge in [-0.25, -0.2) is 0 Å². The van der Waals surface area contributed by atoms with E-state index in [1.807, 2.05) is 5.92 Å². The van der Waals surface area contributed by atoms with Gasteiger partial charge < -0.3 is 10.2 Å². The monoisotopic (exact) mass is 114 g/mol. The van der Waals surface area contributed by atoms with Gasteiger partial charge in [0.05, 0.1) is 6.61 Å². The summed E-state index contributed by atoms with van der Waals surface area (Å²) in [6, 6.07) is 0. The first kappa shape index (κ1) is 10.3. The fourth-order valence-electron chi connectivity index (χ4n) is 0. The van der Waals surface area contributed by atoms with Crippen molar-refractivity contribution >= 4 is 0 Å². The Morgan fingerprint density at radius 1 is 1.62 bits per heavy atom. The van der Waals surface area contributed by atoms with Gasteiger partial charge in [-0.2, -0.15) is 0 Å². The highest BCUT2D eigenvalue weighted by Gasteiger charge is 1.45. The van der Waals surface area contributed by atoms with Crippen molar-refractivity contribution in [2.75, 3.05) is 13.2 Å². The number of terminal acetylenes is 1. The third-order valence-electron chi connectivity index (χ3n) is 0.220. The minimum absolute atomic E-state index is 0.0833. The molecule has 46 valence electrons. The van der Waals surface area contributed by atoms with E-state index in [0.717, 1.165) is 0 Å². The van der Waals surface area contributed by atoms with Crippen molar-refractivity contribution < 1.29 is 10.2 Å². The molecule has 0 aliphatic carbocycles. The molecule has 0 fully saturated rings. The summed E-state index contributed by atoms with van der Waals surface area (Å²) >= 11 is 0. The number of aliphatic hydroxyl groups is 2. The minimum Gasteiger partial charge on any atom is -0.392 e. The van der Waals surface area contributed by atoms with Crippen molar-refractivity contribution in [2.45, 2.75) is 0 Å². The van der Waals surface area contributed by atoms with Crippen molar-refractivity contribution in [3.63, 3.8) is 0 Å². The third-order valence-corrected chi connectivity index (χ3v) is 0.220. The van der Waals surface area contributed by atoms with Gasteiger partial charge in [-0.15, -0.1) is 13.0 Å². The predicted molar refractivity (Wildman–Crippen MR) is 33.2 cm³/mol. The van der Waals surface area contributed by atoms with Gasteiger partial charge in [0.2, 0.25) is 0 Å². The van der Waals surface area contributed by atoms with Crippen molar-refractivity contribution in [1.29, 1.82) is 0 Å². The van der Waals surface area contributed by atoms with Gasteiger partial charge in [-0.1, -0.05) is 12.0 Å². The molecule has 0 spiro atoms. The number of hydrogen-bond acceptors (Lipinski definition) is 2. The highest BCUT2D eigenvalue weighted by Crippen LogP contribution is 1.46. The summed E-state index contributed by atoms with van der Waals surface area (Å²) in [7, 11) is 0. The summed E-state index contributed by atoms with van der Waals surface area (Å²) in [6.07, 6.45) is 5.96. The Morgan fingerprint density at radius 2 is 1.88 bits per heavy atom. The van der Waals surface area contributed by atoms with E-state index in [1.165, 1.54) is 6.08 Å². The summed E-state index contributed by atoms with van der Waals surface area (Å²) in [5.74, 6) is 1.99. The SMILES string of the molecule is C#CCO.C=CCO. The zero-order chi connectivity index (χ0) is 6.83. The van der Waals surface area contributed by atoms with E-state index in [9.17, 15) is 0 Å². The first-order valence-corrected chi connectivity index (χ1v) is 2.09. The normalized spacial score (nSPS) is 5.62. The van der Waals surface area contributed by atoms with E-state index in [-0.39, 0.29) is 13.2 Å². The molecule has 0 atom stereocenters. The molecule has 0 aromatic rings. The lowest BCUT2D eigenvalue weighted by Crippen LogP contribution is -1.64. The number of rotatable bonds is 1. The second-order valence-electron chi connectivity index (χ2n) is 0.833. The summed E-state index contributed by atoms with van der Waals surface area (Å²) in [5, 5.41) is 15.4. The standard InChI is InChI=1S/C3H6O.C3H4O/c2*1-2-3-4/h2,4H,1,3H2;1,4H,3H2. The fraction of sp³-hybridized carbons (Fsp3) is 0.333. The van der Waals surface area contributed by atoms with E-state index in [2.05, 4.69) is 13.0 Å². The van der Waals surface area contributed by atoms with Gasteiger partial charge in [0.15, 0.2) is 0 Å². The molecule has 0 rings (SSSR count). The van der Waals surface area contributed by atoms with Gasteiger partial charge in [0.25, 0.3) is 0 Å². The van der Waals surface area contributed by atoms with Crippen LogP contribution >= 0.6 is 0 Å². The van der Waals surface area contributed by atoms with Crippen LogP contribution in [-0.4, -0.2) is 23.4 Å². The topological polar surface area (TPSA) is 40.5 Å². The van der Waals surface area contributed by atoms with Gasteiger partial charge >= 0.3 is 0 Å². The molecular weight excluding hydrogens is 104 g/mol. The molecule has 0 bridgehead atoms. The molecule has 8 heavy (non-hydrogen) atoms. The molecule has 2 heteroatoms. The summed E-state index contributed by atoms with van der Waals surface area (Å²) in [6.45, 7) is 3.16. The second-order valence-corrected chi connectivity index (χ2v) is 0.833. The smallest absolute Gasteiger partial charge is 0.103 e. The average molecular weight is 114 g/mol. The van der Waals surface area contributed by atoms with Crippen molar-refractivity contribution in [3.05, 3.63) is 12.7 Å². The Kier molecular flexibility index (Phi) is 20.9. The average Bonchev–Trinajstić information content (AvgIpc) is 1.88. The van der Waals surface area contributed by atoms with Gasteiger partial charge in [-0.3, -0.25) is 0 Å². The van der Waals surface area contributed by atoms with Crippen molar-refractivity contribution in [2.24, 2.45) is 0 Å². The van der Waals surface area contributed by atoms with Crippen LogP contribution in [0.2, 0.25) is 0 Å². The second kappa shape index (κ2) is 16.3. The molecule has 0 saturated carbocycles. The fourth-order valence-corrected chi connectivity index (χ4v) is 0. The molecule has 0 aliphatic heterocycles. The van der Waals surface area contributed by atoms with E-state index < -0.39 is 0 Å². The number of hydrogen-bond donors (Lipinski definition) is 2. The van der Waals surface area contributed by atoms with Crippen LogP contribution in [0, 0.1) is 12.3 Å². The Balaban J connectivity index is 0. The zero-order valence-electron chi connectivity index (χ0n) is 4.67. The molecular formula is C6H10O2. The van der Waals surface area contributed by atoms with Crippen LogP contribution in [0.3, 0.4) is 0 Å². The van der Waals surface area contributed by atoms with E-state index in [1.54, 1.807) is 0 Å². The van der Waals surface area contributed by atoms with Crippen LogP contribution in [0.5, 0.6) is 0 Å². The molecule has 0 aromatic carbocycles. The molecule has 0 saturated heterocycles. The summed E-state index contributed by atoms with van der Waals surface area (Å²) < 4.78 is 0. The lowest BCUT2D eigenvalue weighted by atomic mass is 10.7. The first-order chi connectivity index (χ1) is 3.83. The zero-order valence-corrected chi connectivity index (χ0v) is 4.67. The quantitative estimate of drug-likeness (QED) is 0.365. The Labute approximate surface area is 49.5 Å². The van der Waals surface area contributed by atoms with Crippen molar-refractivity contribution in [3.8, 4) is 12.3 Å². The lowest BCUT2D eigenvalue weighted by Gasteiger charge is -1.60. The van der Waals surface area contributed by atoms with Crippen LogP contribution in [0.25, 0.3) is 0 Å². The minimum atomic E-state index is -0.153. The van der Waals surface area contributed by atoms with Crippen LogP contribution < -0.4 is 0 Å². The predicted octanol–water partition coefficient (Wildman–Crippen LogP) is -0.223. The van der Waals surface area contributed by atoms with Crippen LogP contribution in [0.15, 0.2) is 12.7 Å². The van der Waals surface area contributed by atoms with Gasteiger partial charge in [0, 0.05) is 0 Å². The van der Waals surface area contributed by atoms with Gasteiger partial charge in [-0.05, 0) is 0 Å². The van der Waals surface area contributed by atoms with Crippen molar-refractivity contribution in [1.82, 2.24) is 0 Å². The Bertz CT molecular complexity index is 71.1. The van der Waals surface area contributed by atoms with Gasteiger partial charge in [0.1, 0.15) is 6.61 Å². The Morgan fingerprint density at radius 3 is 1.88 bits per heavy atom. The molecule has 2 nitrogen and oxygen atoms in total. The van der Waals surface area contributed by atoms with E-state index in [0.29, 0.717) is 0 Å². The molecule has 0 heterocycles. The molecule has 0 radical (unpaired) electrons. The maximum Gasteiger partial charge on any atom is 0.103 e. The maximum atomic E-state index is 7.76. The summed E-state index contributed by atoms with van der Waals surface area (Å²) in [5.41, 5.74) is 0. The molecule has 2 N–H and O–H groups in total. The Hall–Kier alpha value is -0.780. The molecule has 0 unspecified atom stereocenters. The van der Waals surface area contributed by atoms with E-state index >= 15 is 0 Å². The largest absolute Gasteiger partial charge is 0.392 e.